The molecule has 0 fully saturated rings. The molecule has 0 aliphatic heterocycles. The van der Waals surface area contributed by atoms with E-state index in [9.17, 15) is 14.4 Å². The third kappa shape index (κ3) is 54.9. The van der Waals surface area contributed by atoms with Crippen LogP contribution in [0.2, 0.25) is 0 Å². The number of allylic oxidation sites excluding steroid dienone is 18. The third-order valence-electron chi connectivity index (χ3n) is 11.7. The van der Waals surface area contributed by atoms with Crippen LogP contribution in [0, 0.1) is 0 Å². The summed E-state index contributed by atoms with van der Waals surface area (Å²) in [5, 5.41) is 0. The van der Waals surface area contributed by atoms with Gasteiger partial charge in [-0.3, -0.25) is 14.4 Å². The Kier molecular flexibility index (Phi) is 53.4. The van der Waals surface area contributed by atoms with Crippen molar-refractivity contribution >= 4 is 17.9 Å². The summed E-state index contributed by atoms with van der Waals surface area (Å²) < 4.78 is 16.7. The van der Waals surface area contributed by atoms with E-state index in [1.807, 2.05) is 12.2 Å². The predicted molar refractivity (Wildman–Crippen MR) is 297 cm³/mol. The number of hydrogen-bond donors (Lipinski definition) is 0. The second kappa shape index (κ2) is 56.7. The molecule has 0 unspecified atom stereocenters. The van der Waals surface area contributed by atoms with Gasteiger partial charge in [-0.15, -0.1) is 0 Å². The lowest BCUT2D eigenvalue weighted by molar-refractivity contribution is -0.166. The van der Waals surface area contributed by atoms with Crippen LogP contribution in [0.15, 0.2) is 109 Å². The lowest BCUT2D eigenvalue weighted by Crippen LogP contribution is -2.30. The van der Waals surface area contributed by atoms with Crippen molar-refractivity contribution in [3.63, 3.8) is 0 Å². The molecule has 69 heavy (non-hydrogen) atoms. The van der Waals surface area contributed by atoms with E-state index >= 15 is 0 Å². The molecule has 392 valence electrons. The molecule has 0 aromatic heterocycles. The highest BCUT2D eigenvalue weighted by Gasteiger charge is 2.19. The lowest BCUT2D eigenvalue weighted by Gasteiger charge is -2.18. The first-order valence-electron chi connectivity index (χ1n) is 28.4. The van der Waals surface area contributed by atoms with E-state index in [2.05, 4.69) is 118 Å². The van der Waals surface area contributed by atoms with Crippen molar-refractivity contribution in [2.24, 2.45) is 0 Å². The zero-order chi connectivity index (χ0) is 50.0. The van der Waals surface area contributed by atoms with E-state index in [0.29, 0.717) is 25.7 Å². The summed E-state index contributed by atoms with van der Waals surface area (Å²) in [5.41, 5.74) is 0. The van der Waals surface area contributed by atoms with Gasteiger partial charge >= 0.3 is 17.9 Å². The van der Waals surface area contributed by atoms with Crippen LogP contribution in [0.4, 0.5) is 0 Å². The van der Waals surface area contributed by atoms with E-state index in [1.165, 1.54) is 128 Å². The molecule has 0 aromatic rings. The van der Waals surface area contributed by atoms with Crippen molar-refractivity contribution in [3.8, 4) is 0 Å². The summed E-state index contributed by atoms with van der Waals surface area (Å²) in [6, 6.07) is 0. The third-order valence-corrected chi connectivity index (χ3v) is 11.7. The zero-order valence-electron chi connectivity index (χ0n) is 44.8. The highest BCUT2D eigenvalue weighted by Crippen LogP contribution is 2.13. The summed E-state index contributed by atoms with van der Waals surface area (Å²) in [4.78, 5) is 38.1. The zero-order valence-corrected chi connectivity index (χ0v) is 44.8. The molecular weight excluding hydrogens is 853 g/mol. The molecule has 0 amide bonds. The van der Waals surface area contributed by atoms with E-state index in [0.717, 1.165) is 70.6 Å². The highest BCUT2D eigenvalue weighted by molar-refractivity contribution is 5.71. The highest BCUT2D eigenvalue weighted by atomic mass is 16.6. The molecule has 0 radical (unpaired) electrons. The minimum atomic E-state index is -0.837. The number of rotatable bonds is 50. The van der Waals surface area contributed by atoms with Crippen LogP contribution in [-0.2, 0) is 28.6 Å². The Morgan fingerprint density at radius 3 is 0.942 bits per heavy atom. The van der Waals surface area contributed by atoms with Gasteiger partial charge in [-0.05, 0) is 122 Å². The summed E-state index contributed by atoms with van der Waals surface area (Å²) >= 11 is 0. The molecule has 6 nitrogen and oxygen atoms in total. The largest absolute Gasteiger partial charge is 0.462 e. The molecule has 6 heteroatoms. The molecule has 0 aromatic carbocycles. The Morgan fingerprint density at radius 2 is 0.551 bits per heavy atom. The standard InChI is InChI=1S/C63H104O6/c1-4-7-10-13-16-19-22-25-28-30-31-33-36-39-42-45-48-51-54-57-63(66)69-60(58-67-61(64)55-52-49-46-43-40-37-34-27-24-21-18-15-12-9-6-3)59-68-62(65)56-53-50-47-44-41-38-35-32-29-26-23-20-17-14-11-8-5-2/h16,18-19,21,25-29,31,33-34,39-40,42-43,48,51,60H,4-15,17,20,22-24,30,32,35-38,41,44-47,49-50,52-59H2,1-3H3/b19-16-,21-18-,28-25-,29-26-,33-31-,34-27-,42-39-,43-40-,51-48-/t60-/m1/s1. The van der Waals surface area contributed by atoms with Gasteiger partial charge in [-0.25, -0.2) is 0 Å². The number of carbonyl (C=O) groups is 3. The number of unbranched alkanes of at least 4 members (excludes halogenated alkanes) is 21. The van der Waals surface area contributed by atoms with E-state index < -0.39 is 12.1 Å². The average molecular weight is 958 g/mol. The second-order valence-electron chi connectivity index (χ2n) is 18.5. The average Bonchev–Trinajstić information content (AvgIpc) is 3.35. The van der Waals surface area contributed by atoms with Gasteiger partial charge in [0.25, 0.3) is 0 Å². The first kappa shape index (κ1) is 65.1. The molecule has 0 saturated carbocycles. The van der Waals surface area contributed by atoms with Gasteiger partial charge in [0.2, 0.25) is 0 Å². The van der Waals surface area contributed by atoms with Crippen molar-refractivity contribution in [3.05, 3.63) is 109 Å². The molecule has 0 N–H and O–H groups in total. The fraction of sp³-hybridized carbons (Fsp3) is 0.667. The van der Waals surface area contributed by atoms with Gasteiger partial charge in [-0.2, -0.15) is 0 Å². The van der Waals surface area contributed by atoms with Crippen molar-refractivity contribution in [1.82, 2.24) is 0 Å². The predicted octanol–water partition coefficient (Wildman–Crippen LogP) is 19.1. The molecule has 0 aliphatic carbocycles. The van der Waals surface area contributed by atoms with Crippen LogP contribution >= 0.6 is 0 Å². The SMILES string of the molecule is CCCCC/C=C\C/C=C\C/C=C\C/C=C\C/C=C\CCC(=O)O[C@H](COC(=O)CCCC/C=C\C/C=C\C/C=C\CCCCC)COC(=O)CCCCCCCCC/C=C\CCCCCCCC. The fourth-order valence-electron chi connectivity index (χ4n) is 7.43. The van der Waals surface area contributed by atoms with Crippen LogP contribution in [0.25, 0.3) is 0 Å². The maximum atomic E-state index is 12.8. The van der Waals surface area contributed by atoms with Crippen LogP contribution in [0.3, 0.4) is 0 Å². The molecular formula is C63H104O6. The van der Waals surface area contributed by atoms with Crippen LogP contribution < -0.4 is 0 Å². The molecule has 1 atom stereocenters. The first-order chi connectivity index (χ1) is 34.0. The Hall–Kier alpha value is -3.93. The number of hydrogen-bond acceptors (Lipinski definition) is 6. The van der Waals surface area contributed by atoms with Crippen LogP contribution in [0.5, 0.6) is 0 Å². The van der Waals surface area contributed by atoms with Gasteiger partial charge in [0, 0.05) is 19.3 Å². The maximum absolute atomic E-state index is 12.8. The second-order valence-corrected chi connectivity index (χ2v) is 18.5. The molecule has 0 rings (SSSR count). The minimum absolute atomic E-state index is 0.123. The topological polar surface area (TPSA) is 78.9 Å². The van der Waals surface area contributed by atoms with Gasteiger partial charge < -0.3 is 14.2 Å². The summed E-state index contributed by atoms with van der Waals surface area (Å²) in [6.07, 6.45) is 76.6. The van der Waals surface area contributed by atoms with Crippen LogP contribution in [-0.4, -0.2) is 37.2 Å². The van der Waals surface area contributed by atoms with Crippen molar-refractivity contribution in [2.75, 3.05) is 13.2 Å². The summed E-state index contributed by atoms with van der Waals surface area (Å²) in [6.45, 7) is 6.48. The smallest absolute Gasteiger partial charge is 0.306 e. The van der Waals surface area contributed by atoms with Crippen LogP contribution in [0.1, 0.15) is 252 Å². The van der Waals surface area contributed by atoms with Gasteiger partial charge in [0.05, 0.1) is 0 Å². The normalized spacial score (nSPS) is 12.9. The van der Waals surface area contributed by atoms with Gasteiger partial charge in [-0.1, -0.05) is 220 Å². The van der Waals surface area contributed by atoms with E-state index in [-0.39, 0.29) is 31.6 Å². The molecule has 0 bridgehead atoms. The van der Waals surface area contributed by atoms with E-state index in [1.54, 1.807) is 0 Å². The number of esters is 3. The van der Waals surface area contributed by atoms with Gasteiger partial charge in [0.1, 0.15) is 13.2 Å². The number of carbonyl (C=O) groups excluding carboxylic acids is 3. The monoisotopic (exact) mass is 957 g/mol. The summed E-state index contributed by atoms with van der Waals surface area (Å²) in [7, 11) is 0. The Labute approximate surface area is 425 Å². The minimum Gasteiger partial charge on any atom is -0.462 e. The van der Waals surface area contributed by atoms with Crippen molar-refractivity contribution < 1.29 is 28.6 Å². The van der Waals surface area contributed by atoms with E-state index in [4.69, 9.17) is 14.2 Å². The quantitative estimate of drug-likeness (QED) is 0.0262. The molecule has 0 heterocycles. The van der Waals surface area contributed by atoms with Crippen molar-refractivity contribution in [2.45, 2.75) is 258 Å². The molecule has 0 aliphatic rings. The molecule has 0 spiro atoms. The first-order valence-corrected chi connectivity index (χ1v) is 28.4. The number of ether oxygens (including phenoxy) is 3. The Bertz CT molecular complexity index is 1420. The maximum Gasteiger partial charge on any atom is 0.306 e. The Morgan fingerprint density at radius 1 is 0.290 bits per heavy atom. The van der Waals surface area contributed by atoms with Crippen molar-refractivity contribution in [1.29, 1.82) is 0 Å². The fourth-order valence-corrected chi connectivity index (χ4v) is 7.43. The molecule has 0 saturated heterocycles. The van der Waals surface area contributed by atoms with Gasteiger partial charge in [0.15, 0.2) is 6.10 Å². The summed E-state index contributed by atoms with van der Waals surface area (Å²) in [5.74, 6) is -1.05. The Balaban J connectivity index is 4.57. The lowest BCUT2D eigenvalue weighted by atomic mass is 10.1.